The van der Waals surface area contributed by atoms with Gasteiger partial charge in [-0.15, -0.1) is 11.3 Å². The number of hydrogen-bond acceptors (Lipinski definition) is 2. The Bertz CT molecular complexity index is 369. The summed E-state index contributed by atoms with van der Waals surface area (Å²) >= 11 is 5.12. The van der Waals surface area contributed by atoms with Gasteiger partial charge in [0.25, 0.3) is 0 Å². The van der Waals surface area contributed by atoms with E-state index in [9.17, 15) is 0 Å². The Morgan fingerprint density at radius 3 is 2.67 bits per heavy atom. The summed E-state index contributed by atoms with van der Waals surface area (Å²) in [6.07, 6.45) is 1.81. The molecule has 0 aliphatic carbocycles. The fourth-order valence-corrected chi connectivity index (χ4v) is 2.32. The SMILES string of the molecule is Brc1ccc(-c2ccccn2)s1. The van der Waals surface area contributed by atoms with E-state index in [1.807, 2.05) is 30.5 Å². The van der Waals surface area contributed by atoms with Crippen LogP contribution in [0.25, 0.3) is 10.6 Å². The van der Waals surface area contributed by atoms with Crippen molar-refractivity contribution >= 4 is 27.3 Å². The molecule has 2 aromatic heterocycles. The molecule has 2 rings (SSSR count). The second kappa shape index (κ2) is 3.37. The molecule has 2 heterocycles. The molecule has 0 saturated carbocycles. The standard InChI is InChI=1S/C9H6BrNS/c10-9-5-4-8(12-9)7-3-1-2-6-11-7/h1-6H. The first kappa shape index (κ1) is 7.95. The van der Waals surface area contributed by atoms with Crippen molar-refractivity contribution in [1.29, 1.82) is 0 Å². The number of pyridine rings is 1. The maximum Gasteiger partial charge on any atom is 0.0802 e. The van der Waals surface area contributed by atoms with Crippen LogP contribution in [0.2, 0.25) is 0 Å². The van der Waals surface area contributed by atoms with E-state index in [0.717, 1.165) is 9.48 Å². The fourth-order valence-electron chi connectivity index (χ4n) is 0.960. The normalized spacial score (nSPS) is 10.1. The van der Waals surface area contributed by atoms with E-state index in [-0.39, 0.29) is 0 Å². The molecule has 0 saturated heterocycles. The first-order valence-electron chi connectivity index (χ1n) is 3.53. The number of nitrogens with zero attached hydrogens (tertiary/aromatic N) is 1. The second-order valence-electron chi connectivity index (χ2n) is 2.32. The first-order chi connectivity index (χ1) is 5.86. The highest BCUT2D eigenvalue weighted by Gasteiger charge is 2.00. The molecule has 0 fully saturated rings. The van der Waals surface area contributed by atoms with Gasteiger partial charge in [-0.2, -0.15) is 0 Å². The van der Waals surface area contributed by atoms with Gasteiger partial charge in [0, 0.05) is 6.20 Å². The van der Waals surface area contributed by atoms with Gasteiger partial charge in [0.1, 0.15) is 0 Å². The molecule has 2 aromatic rings. The third-order valence-electron chi connectivity index (χ3n) is 1.49. The van der Waals surface area contributed by atoms with Crippen molar-refractivity contribution in [2.24, 2.45) is 0 Å². The molecule has 3 heteroatoms. The molecule has 0 spiro atoms. The highest BCUT2D eigenvalue weighted by molar-refractivity contribution is 9.11. The summed E-state index contributed by atoms with van der Waals surface area (Å²) in [6, 6.07) is 10.0. The lowest BCUT2D eigenvalue weighted by atomic mass is 10.3. The quantitative estimate of drug-likeness (QED) is 0.742. The Hall–Kier alpha value is -0.670. The molecule has 0 aliphatic heterocycles. The van der Waals surface area contributed by atoms with Gasteiger partial charge in [-0.1, -0.05) is 6.07 Å². The van der Waals surface area contributed by atoms with Crippen molar-refractivity contribution in [3.05, 3.63) is 40.3 Å². The summed E-state index contributed by atoms with van der Waals surface area (Å²) in [5, 5.41) is 0. The molecule has 12 heavy (non-hydrogen) atoms. The second-order valence-corrected chi connectivity index (χ2v) is 4.78. The van der Waals surface area contributed by atoms with Crippen molar-refractivity contribution in [3.63, 3.8) is 0 Å². The molecule has 0 atom stereocenters. The van der Waals surface area contributed by atoms with Crippen LogP contribution in [0.5, 0.6) is 0 Å². The van der Waals surface area contributed by atoms with Crippen molar-refractivity contribution in [3.8, 4) is 10.6 Å². The van der Waals surface area contributed by atoms with Gasteiger partial charge in [-0.25, -0.2) is 0 Å². The zero-order valence-corrected chi connectivity index (χ0v) is 8.60. The minimum absolute atomic E-state index is 1.04. The summed E-state index contributed by atoms with van der Waals surface area (Å²) in [6.45, 7) is 0. The molecule has 0 radical (unpaired) electrons. The van der Waals surface area contributed by atoms with E-state index >= 15 is 0 Å². The summed E-state index contributed by atoms with van der Waals surface area (Å²) in [5.74, 6) is 0. The van der Waals surface area contributed by atoms with Crippen LogP contribution in [0.1, 0.15) is 0 Å². The van der Waals surface area contributed by atoms with Gasteiger partial charge in [-0.3, -0.25) is 4.98 Å². The van der Waals surface area contributed by atoms with Crippen molar-refractivity contribution in [2.45, 2.75) is 0 Å². The smallest absolute Gasteiger partial charge is 0.0802 e. The Balaban J connectivity index is 2.45. The average Bonchev–Trinajstić information content (AvgIpc) is 2.54. The van der Waals surface area contributed by atoms with Crippen molar-refractivity contribution < 1.29 is 0 Å². The van der Waals surface area contributed by atoms with Crippen LogP contribution in [0.4, 0.5) is 0 Å². The van der Waals surface area contributed by atoms with Crippen LogP contribution in [0, 0.1) is 0 Å². The van der Waals surface area contributed by atoms with Gasteiger partial charge in [0.05, 0.1) is 14.4 Å². The molecule has 0 aromatic carbocycles. The summed E-state index contributed by atoms with van der Waals surface area (Å²) in [7, 11) is 0. The number of rotatable bonds is 1. The van der Waals surface area contributed by atoms with E-state index in [2.05, 4.69) is 27.0 Å². The van der Waals surface area contributed by atoms with Gasteiger partial charge in [-0.05, 0) is 40.2 Å². The lowest BCUT2D eigenvalue weighted by Crippen LogP contribution is -1.75. The highest BCUT2D eigenvalue weighted by Crippen LogP contribution is 2.29. The molecular weight excluding hydrogens is 234 g/mol. The van der Waals surface area contributed by atoms with Crippen molar-refractivity contribution in [2.75, 3.05) is 0 Å². The minimum Gasteiger partial charge on any atom is -0.255 e. The summed E-state index contributed by atoms with van der Waals surface area (Å²) in [5.41, 5.74) is 1.04. The third-order valence-corrected chi connectivity index (χ3v) is 3.14. The zero-order chi connectivity index (χ0) is 8.39. The third kappa shape index (κ3) is 1.57. The average molecular weight is 240 g/mol. The largest absolute Gasteiger partial charge is 0.255 e. The maximum absolute atomic E-state index is 4.25. The Morgan fingerprint density at radius 2 is 2.08 bits per heavy atom. The molecule has 0 amide bonds. The van der Waals surface area contributed by atoms with E-state index in [1.54, 1.807) is 11.3 Å². The topological polar surface area (TPSA) is 12.9 Å². The zero-order valence-electron chi connectivity index (χ0n) is 6.20. The molecular formula is C9H6BrNS. The van der Waals surface area contributed by atoms with Gasteiger partial charge >= 0.3 is 0 Å². The number of thiophene rings is 1. The molecule has 0 unspecified atom stereocenters. The molecule has 1 nitrogen and oxygen atoms in total. The summed E-state index contributed by atoms with van der Waals surface area (Å²) < 4.78 is 1.14. The van der Waals surface area contributed by atoms with Gasteiger partial charge in [0.2, 0.25) is 0 Å². The lowest BCUT2D eigenvalue weighted by Gasteiger charge is -1.92. The predicted molar refractivity (Wildman–Crippen MR) is 55.3 cm³/mol. The lowest BCUT2D eigenvalue weighted by molar-refractivity contribution is 1.34. The van der Waals surface area contributed by atoms with Crippen LogP contribution < -0.4 is 0 Å². The number of halogens is 1. The van der Waals surface area contributed by atoms with Crippen molar-refractivity contribution in [1.82, 2.24) is 4.98 Å². The molecule has 60 valence electrons. The van der Waals surface area contributed by atoms with Crippen LogP contribution in [0.15, 0.2) is 40.3 Å². The maximum atomic E-state index is 4.25. The van der Waals surface area contributed by atoms with E-state index in [1.165, 1.54) is 4.88 Å². The highest BCUT2D eigenvalue weighted by atomic mass is 79.9. The van der Waals surface area contributed by atoms with Gasteiger partial charge in [0.15, 0.2) is 0 Å². The Morgan fingerprint density at radius 1 is 1.17 bits per heavy atom. The summed E-state index contributed by atoms with van der Waals surface area (Å²) in [4.78, 5) is 5.45. The van der Waals surface area contributed by atoms with E-state index in [4.69, 9.17) is 0 Å². The Labute approximate surface area is 83.2 Å². The Kier molecular flexibility index (Phi) is 2.23. The molecule has 0 aliphatic rings. The van der Waals surface area contributed by atoms with Crippen LogP contribution in [0.3, 0.4) is 0 Å². The van der Waals surface area contributed by atoms with Crippen LogP contribution in [-0.4, -0.2) is 4.98 Å². The van der Waals surface area contributed by atoms with Gasteiger partial charge < -0.3 is 0 Å². The number of aromatic nitrogens is 1. The number of hydrogen-bond donors (Lipinski definition) is 0. The minimum atomic E-state index is 1.04. The van der Waals surface area contributed by atoms with Crippen LogP contribution >= 0.6 is 27.3 Å². The van der Waals surface area contributed by atoms with E-state index in [0.29, 0.717) is 0 Å². The van der Waals surface area contributed by atoms with Crippen LogP contribution in [-0.2, 0) is 0 Å². The molecule has 0 bridgehead atoms. The monoisotopic (exact) mass is 239 g/mol. The fraction of sp³-hybridized carbons (Fsp3) is 0. The predicted octanol–water partition coefficient (Wildman–Crippen LogP) is 3.57. The first-order valence-corrected chi connectivity index (χ1v) is 5.14. The molecule has 0 N–H and O–H groups in total. The van der Waals surface area contributed by atoms with E-state index < -0.39 is 0 Å².